The van der Waals surface area contributed by atoms with E-state index in [4.69, 9.17) is 14.2 Å². The highest BCUT2D eigenvalue weighted by atomic mass is 79.9. The molecule has 0 unspecified atom stereocenters. The van der Waals surface area contributed by atoms with Crippen molar-refractivity contribution < 1.29 is 19.0 Å². The molecule has 0 fully saturated rings. The van der Waals surface area contributed by atoms with Crippen molar-refractivity contribution in [2.45, 2.75) is 6.61 Å². The standard InChI is InChI=1S/C17H17BrO4/c1-20-17(19)15-11-14(21-10-9-18)7-8-16(15)22-12-13-5-3-2-4-6-13/h2-8,11H,9-10,12H2,1H3. The number of carbonyl (C=O) groups is 1. The SMILES string of the molecule is COC(=O)c1cc(OCCBr)ccc1OCc1ccccc1. The molecule has 0 aliphatic carbocycles. The molecule has 4 nitrogen and oxygen atoms in total. The van der Waals surface area contributed by atoms with Gasteiger partial charge in [0.15, 0.2) is 0 Å². The lowest BCUT2D eigenvalue weighted by molar-refractivity contribution is 0.0595. The maximum Gasteiger partial charge on any atom is 0.341 e. The van der Waals surface area contributed by atoms with Crippen LogP contribution in [-0.4, -0.2) is 25.0 Å². The number of methoxy groups -OCH3 is 1. The molecule has 2 rings (SSSR count). The van der Waals surface area contributed by atoms with Crippen LogP contribution in [-0.2, 0) is 11.3 Å². The first-order chi connectivity index (χ1) is 10.7. The number of hydrogen-bond acceptors (Lipinski definition) is 4. The van der Waals surface area contributed by atoms with E-state index in [0.29, 0.717) is 35.6 Å². The Hall–Kier alpha value is -2.01. The summed E-state index contributed by atoms with van der Waals surface area (Å²) in [5.74, 6) is 0.626. The molecule has 2 aromatic rings. The molecule has 0 amide bonds. The van der Waals surface area contributed by atoms with Crippen molar-refractivity contribution in [3.05, 3.63) is 59.7 Å². The number of carbonyl (C=O) groups excluding carboxylic acids is 1. The van der Waals surface area contributed by atoms with Crippen molar-refractivity contribution in [3.63, 3.8) is 0 Å². The van der Waals surface area contributed by atoms with Crippen molar-refractivity contribution >= 4 is 21.9 Å². The molecular weight excluding hydrogens is 348 g/mol. The molecule has 0 bridgehead atoms. The zero-order chi connectivity index (χ0) is 15.8. The molecule has 0 saturated heterocycles. The molecule has 0 N–H and O–H groups in total. The minimum absolute atomic E-state index is 0.352. The second-order valence-corrected chi connectivity index (χ2v) is 5.25. The zero-order valence-corrected chi connectivity index (χ0v) is 13.8. The Morgan fingerprint density at radius 2 is 1.86 bits per heavy atom. The largest absolute Gasteiger partial charge is 0.493 e. The van der Waals surface area contributed by atoms with Crippen LogP contribution in [0.1, 0.15) is 15.9 Å². The Morgan fingerprint density at radius 1 is 1.09 bits per heavy atom. The van der Waals surface area contributed by atoms with E-state index in [1.54, 1.807) is 18.2 Å². The summed E-state index contributed by atoms with van der Waals surface area (Å²) in [4.78, 5) is 11.9. The maximum atomic E-state index is 11.9. The van der Waals surface area contributed by atoms with Gasteiger partial charge in [0.25, 0.3) is 0 Å². The van der Waals surface area contributed by atoms with Crippen LogP contribution < -0.4 is 9.47 Å². The quantitative estimate of drug-likeness (QED) is 0.553. The third-order valence-electron chi connectivity index (χ3n) is 2.94. The summed E-state index contributed by atoms with van der Waals surface area (Å²) in [6.07, 6.45) is 0. The van der Waals surface area contributed by atoms with Gasteiger partial charge < -0.3 is 14.2 Å². The minimum Gasteiger partial charge on any atom is -0.493 e. The van der Waals surface area contributed by atoms with Gasteiger partial charge in [-0.25, -0.2) is 4.79 Å². The van der Waals surface area contributed by atoms with Crippen molar-refractivity contribution in [2.75, 3.05) is 19.0 Å². The van der Waals surface area contributed by atoms with Gasteiger partial charge in [-0.05, 0) is 23.8 Å². The molecule has 0 heterocycles. The molecule has 116 valence electrons. The molecular formula is C17H17BrO4. The van der Waals surface area contributed by atoms with E-state index >= 15 is 0 Å². The molecule has 2 aromatic carbocycles. The second-order valence-electron chi connectivity index (χ2n) is 4.46. The maximum absolute atomic E-state index is 11.9. The zero-order valence-electron chi connectivity index (χ0n) is 12.3. The molecule has 0 atom stereocenters. The smallest absolute Gasteiger partial charge is 0.341 e. The van der Waals surface area contributed by atoms with Gasteiger partial charge in [-0.15, -0.1) is 0 Å². The molecule has 0 aromatic heterocycles. The lowest BCUT2D eigenvalue weighted by Crippen LogP contribution is -2.07. The highest BCUT2D eigenvalue weighted by Crippen LogP contribution is 2.26. The van der Waals surface area contributed by atoms with Crippen LogP contribution in [0.5, 0.6) is 11.5 Å². The number of esters is 1. The Kier molecular flexibility index (Phi) is 6.27. The van der Waals surface area contributed by atoms with E-state index in [1.807, 2.05) is 30.3 Å². The number of halogens is 1. The number of rotatable bonds is 7. The van der Waals surface area contributed by atoms with Crippen LogP contribution in [0.3, 0.4) is 0 Å². The highest BCUT2D eigenvalue weighted by Gasteiger charge is 2.15. The Morgan fingerprint density at radius 3 is 2.55 bits per heavy atom. The number of ether oxygens (including phenoxy) is 3. The first kappa shape index (κ1) is 16.4. The van der Waals surface area contributed by atoms with Crippen LogP contribution in [0, 0.1) is 0 Å². The van der Waals surface area contributed by atoms with Gasteiger partial charge in [0.05, 0.1) is 13.7 Å². The van der Waals surface area contributed by atoms with Crippen molar-refractivity contribution in [3.8, 4) is 11.5 Å². The fraction of sp³-hybridized carbons (Fsp3) is 0.235. The number of benzene rings is 2. The first-order valence-electron chi connectivity index (χ1n) is 6.82. The van der Waals surface area contributed by atoms with Crippen LogP contribution in [0.25, 0.3) is 0 Å². The summed E-state index contributed by atoms with van der Waals surface area (Å²) in [6, 6.07) is 14.9. The second kappa shape index (κ2) is 8.44. The predicted molar refractivity (Wildman–Crippen MR) is 87.8 cm³/mol. The number of alkyl halides is 1. The van der Waals surface area contributed by atoms with E-state index in [9.17, 15) is 4.79 Å². The lowest BCUT2D eigenvalue weighted by atomic mass is 10.2. The van der Waals surface area contributed by atoms with Gasteiger partial charge in [-0.2, -0.15) is 0 Å². The summed E-state index contributed by atoms with van der Waals surface area (Å²) < 4.78 is 16.0. The molecule has 5 heteroatoms. The average Bonchev–Trinajstić information content (AvgIpc) is 2.58. The van der Waals surface area contributed by atoms with Gasteiger partial charge in [0.2, 0.25) is 0 Å². The van der Waals surface area contributed by atoms with Crippen LogP contribution in [0.15, 0.2) is 48.5 Å². The molecule has 0 aliphatic rings. The number of hydrogen-bond donors (Lipinski definition) is 0. The van der Waals surface area contributed by atoms with E-state index in [-0.39, 0.29) is 0 Å². The van der Waals surface area contributed by atoms with Gasteiger partial charge in [-0.1, -0.05) is 46.3 Å². The molecule has 0 saturated carbocycles. The Bertz CT molecular complexity index is 613. The van der Waals surface area contributed by atoms with Gasteiger partial charge in [0.1, 0.15) is 23.7 Å². The topological polar surface area (TPSA) is 44.8 Å². The molecule has 0 radical (unpaired) electrons. The summed E-state index contributed by atoms with van der Waals surface area (Å²) in [6.45, 7) is 0.900. The highest BCUT2D eigenvalue weighted by molar-refractivity contribution is 9.09. The third-order valence-corrected chi connectivity index (χ3v) is 3.26. The normalized spacial score (nSPS) is 10.1. The first-order valence-corrected chi connectivity index (χ1v) is 7.94. The van der Waals surface area contributed by atoms with E-state index in [0.717, 1.165) is 5.56 Å². The van der Waals surface area contributed by atoms with Gasteiger partial charge in [-0.3, -0.25) is 0 Å². The predicted octanol–water partition coefficient (Wildman–Crippen LogP) is 3.83. The molecule has 0 spiro atoms. The summed E-state index contributed by atoms with van der Waals surface area (Å²) in [7, 11) is 1.34. The molecule has 22 heavy (non-hydrogen) atoms. The van der Waals surface area contributed by atoms with Gasteiger partial charge in [0, 0.05) is 5.33 Å². The fourth-order valence-electron chi connectivity index (χ4n) is 1.89. The summed E-state index contributed by atoms with van der Waals surface area (Å²) in [5, 5.41) is 0.715. The van der Waals surface area contributed by atoms with Crippen LogP contribution in [0.2, 0.25) is 0 Å². The van der Waals surface area contributed by atoms with Crippen molar-refractivity contribution in [1.29, 1.82) is 0 Å². The van der Waals surface area contributed by atoms with Gasteiger partial charge >= 0.3 is 5.97 Å². The van der Waals surface area contributed by atoms with Crippen LogP contribution >= 0.6 is 15.9 Å². The van der Waals surface area contributed by atoms with Crippen molar-refractivity contribution in [2.24, 2.45) is 0 Å². The Balaban J connectivity index is 2.16. The average molecular weight is 365 g/mol. The van der Waals surface area contributed by atoms with E-state index < -0.39 is 5.97 Å². The monoisotopic (exact) mass is 364 g/mol. The van der Waals surface area contributed by atoms with E-state index in [1.165, 1.54) is 7.11 Å². The third kappa shape index (κ3) is 4.49. The van der Waals surface area contributed by atoms with E-state index in [2.05, 4.69) is 15.9 Å². The summed E-state index contributed by atoms with van der Waals surface area (Å²) >= 11 is 3.29. The lowest BCUT2D eigenvalue weighted by Gasteiger charge is -2.12. The fourth-order valence-corrected chi connectivity index (χ4v) is 2.05. The summed E-state index contributed by atoms with van der Waals surface area (Å²) in [5.41, 5.74) is 1.38. The van der Waals surface area contributed by atoms with Crippen molar-refractivity contribution in [1.82, 2.24) is 0 Å². The Labute approximate surface area is 138 Å². The minimum atomic E-state index is -0.452. The molecule has 0 aliphatic heterocycles. The van der Waals surface area contributed by atoms with Crippen LogP contribution in [0.4, 0.5) is 0 Å².